The second-order valence-electron chi connectivity index (χ2n) is 8.87. The van der Waals surface area contributed by atoms with Gasteiger partial charge in [0, 0.05) is 26.9 Å². The molecule has 0 aliphatic rings. The number of nitrogens with one attached hydrogen (secondary N) is 2. The van der Waals surface area contributed by atoms with E-state index in [9.17, 15) is 14.4 Å². The molecule has 2 atom stereocenters. The summed E-state index contributed by atoms with van der Waals surface area (Å²) in [6.07, 6.45) is 1.40. The highest BCUT2D eigenvalue weighted by Gasteiger charge is 2.31. The Labute approximate surface area is 212 Å². The first kappa shape index (κ1) is 26.9. The largest absolute Gasteiger partial charge is 0.466 e. The van der Waals surface area contributed by atoms with Crippen molar-refractivity contribution in [2.45, 2.75) is 38.3 Å². The topological polar surface area (TPSA) is 87.7 Å². The normalized spacial score (nSPS) is 12.5. The molecule has 3 aromatic carbocycles. The van der Waals surface area contributed by atoms with Crippen molar-refractivity contribution in [3.8, 4) is 0 Å². The molecular formula is C29H35N3O4. The number of hydrogen-bond acceptors (Lipinski definition) is 5. The number of benzene rings is 3. The van der Waals surface area contributed by atoms with Crippen LogP contribution in [0.3, 0.4) is 0 Å². The molecule has 7 heteroatoms. The number of carbonyl (C=O) groups excluding carboxylic acids is 3. The summed E-state index contributed by atoms with van der Waals surface area (Å²) >= 11 is 0. The predicted molar refractivity (Wildman–Crippen MR) is 141 cm³/mol. The van der Waals surface area contributed by atoms with Gasteiger partial charge in [-0.25, -0.2) is 0 Å². The third-order valence-electron chi connectivity index (χ3n) is 6.22. The SMILES string of the molecule is CNC(Cc1ccc2ccccc2c1)C(=O)N(C)C(Cc1ccccc1)C(=O)NCCCOC(C)=O. The molecule has 0 radical (unpaired) electrons. The molecule has 36 heavy (non-hydrogen) atoms. The fourth-order valence-electron chi connectivity index (χ4n) is 4.17. The summed E-state index contributed by atoms with van der Waals surface area (Å²) in [5, 5.41) is 8.31. The van der Waals surface area contributed by atoms with Gasteiger partial charge in [0.15, 0.2) is 0 Å². The number of carbonyl (C=O) groups is 3. The second-order valence-corrected chi connectivity index (χ2v) is 8.87. The summed E-state index contributed by atoms with van der Waals surface area (Å²) in [6, 6.07) is 22.8. The lowest BCUT2D eigenvalue weighted by atomic mass is 9.99. The van der Waals surface area contributed by atoms with Gasteiger partial charge in [-0.05, 0) is 41.8 Å². The predicted octanol–water partition coefficient (Wildman–Crippen LogP) is 3.11. The Kier molecular flexibility index (Phi) is 10.0. The fourth-order valence-corrected chi connectivity index (χ4v) is 4.17. The zero-order chi connectivity index (χ0) is 25.9. The standard InChI is InChI=1S/C29H35N3O4/c1-21(33)36-17-9-16-31-28(34)27(20-22-10-5-4-6-11-22)32(3)29(35)26(30-2)19-23-14-15-24-12-7-8-13-25(24)18-23/h4-8,10-15,18,26-27,30H,9,16-17,19-20H2,1-3H3,(H,31,34). The third kappa shape index (κ3) is 7.65. The van der Waals surface area contributed by atoms with Crippen molar-refractivity contribution in [1.29, 1.82) is 0 Å². The van der Waals surface area contributed by atoms with E-state index in [1.54, 1.807) is 14.1 Å². The maximum absolute atomic E-state index is 13.6. The molecule has 2 unspecified atom stereocenters. The molecule has 0 fully saturated rings. The van der Waals surface area contributed by atoms with Gasteiger partial charge in [-0.1, -0.05) is 72.8 Å². The van der Waals surface area contributed by atoms with Gasteiger partial charge in [0.2, 0.25) is 11.8 Å². The molecule has 0 aromatic heterocycles. The van der Waals surface area contributed by atoms with E-state index in [1.165, 1.54) is 11.8 Å². The number of likely N-dealkylation sites (N-methyl/N-ethyl adjacent to an activating group) is 2. The molecule has 0 bridgehead atoms. The van der Waals surface area contributed by atoms with Crippen LogP contribution in [0.5, 0.6) is 0 Å². The van der Waals surface area contributed by atoms with Crippen molar-refractivity contribution >= 4 is 28.6 Å². The van der Waals surface area contributed by atoms with Crippen molar-refractivity contribution in [2.24, 2.45) is 0 Å². The van der Waals surface area contributed by atoms with Gasteiger partial charge >= 0.3 is 5.97 Å². The molecule has 0 aliphatic heterocycles. The van der Waals surface area contributed by atoms with Crippen LogP contribution >= 0.6 is 0 Å². The van der Waals surface area contributed by atoms with E-state index >= 15 is 0 Å². The molecule has 2 N–H and O–H groups in total. The summed E-state index contributed by atoms with van der Waals surface area (Å²) in [4.78, 5) is 39.2. The Morgan fingerprint density at radius 3 is 2.28 bits per heavy atom. The van der Waals surface area contributed by atoms with Crippen LogP contribution in [-0.2, 0) is 32.0 Å². The van der Waals surface area contributed by atoms with Gasteiger partial charge < -0.3 is 20.3 Å². The van der Waals surface area contributed by atoms with Crippen LogP contribution in [0.2, 0.25) is 0 Å². The first-order valence-electron chi connectivity index (χ1n) is 12.3. The van der Waals surface area contributed by atoms with E-state index in [4.69, 9.17) is 4.74 Å². The van der Waals surface area contributed by atoms with Crippen LogP contribution in [0.1, 0.15) is 24.5 Å². The zero-order valence-corrected chi connectivity index (χ0v) is 21.2. The summed E-state index contributed by atoms with van der Waals surface area (Å²) in [5.41, 5.74) is 2.01. The Hall–Kier alpha value is -3.71. The van der Waals surface area contributed by atoms with E-state index in [0.717, 1.165) is 21.9 Å². The number of ether oxygens (including phenoxy) is 1. The van der Waals surface area contributed by atoms with Gasteiger partial charge in [-0.2, -0.15) is 0 Å². The number of rotatable bonds is 12. The van der Waals surface area contributed by atoms with Crippen molar-refractivity contribution in [3.63, 3.8) is 0 Å². The molecular weight excluding hydrogens is 454 g/mol. The quantitative estimate of drug-likeness (QED) is 0.302. The minimum absolute atomic E-state index is 0.151. The lowest BCUT2D eigenvalue weighted by Gasteiger charge is -2.31. The highest BCUT2D eigenvalue weighted by atomic mass is 16.5. The van der Waals surface area contributed by atoms with Gasteiger partial charge in [-0.15, -0.1) is 0 Å². The fraction of sp³-hybridized carbons (Fsp3) is 0.345. The first-order valence-corrected chi connectivity index (χ1v) is 12.3. The van der Waals surface area contributed by atoms with Gasteiger partial charge in [-0.3, -0.25) is 14.4 Å². The van der Waals surface area contributed by atoms with Crippen LogP contribution < -0.4 is 10.6 Å². The van der Waals surface area contributed by atoms with E-state index in [-0.39, 0.29) is 24.4 Å². The van der Waals surface area contributed by atoms with Crippen molar-refractivity contribution < 1.29 is 19.1 Å². The van der Waals surface area contributed by atoms with Gasteiger partial charge in [0.25, 0.3) is 0 Å². The minimum Gasteiger partial charge on any atom is -0.466 e. The average Bonchev–Trinajstić information content (AvgIpc) is 2.89. The van der Waals surface area contributed by atoms with Crippen molar-refractivity contribution in [3.05, 3.63) is 83.9 Å². The van der Waals surface area contributed by atoms with Crippen LogP contribution in [0, 0.1) is 0 Å². The Morgan fingerprint density at radius 2 is 1.58 bits per heavy atom. The molecule has 0 spiro atoms. The summed E-state index contributed by atoms with van der Waals surface area (Å²) in [6.45, 7) is 1.94. The van der Waals surface area contributed by atoms with Crippen molar-refractivity contribution in [2.75, 3.05) is 27.2 Å². The summed E-state index contributed by atoms with van der Waals surface area (Å²) in [7, 11) is 3.44. The number of nitrogens with zero attached hydrogens (tertiary/aromatic N) is 1. The number of hydrogen-bond donors (Lipinski definition) is 2. The molecule has 0 saturated carbocycles. The van der Waals surface area contributed by atoms with E-state index in [1.807, 2.05) is 48.5 Å². The number of esters is 1. The van der Waals surface area contributed by atoms with Gasteiger partial charge in [0.1, 0.15) is 6.04 Å². The van der Waals surface area contributed by atoms with Crippen molar-refractivity contribution in [1.82, 2.24) is 15.5 Å². The van der Waals surface area contributed by atoms with E-state index < -0.39 is 12.1 Å². The average molecular weight is 490 g/mol. The summed E-state index contributed by atoms with van der Waals surface area (Å²) in [5.74, 6) is -0.738. The highest BCUT2D eigenvalue weighted by molar-refractivity contribution is 5.90. The highest BCUT2D eigenvalue weighted by Crippen LogP contribution is 2.18. The molecule has 3 rings (SSSR count). The monoisotopic (exact) mass is 489 g/mol. The third-order valence-corrected chi connectivity index (χ3v) is 6.22. The van der Waals surface area contributed by atoms with Crippen LogP contribution in [0.4, 0.5) is 0 Å². The maximum Gasteiger partial charge on any atom is 0.302 e. The van der Waals surface area contributed by atoms with E-state index in [0.29, 0.717) is 25.8 Å². The Balaban J connectivity index is 1.71. The van der Waals surface area contributed by atoms with Gasteiger partial charge in [0.05, 0.1) is 12.6 Å². The number of amides is 2. The Morgan fingerprint density at radius 1 is 0.889 bits per heavy atom. The van der Waals surface area contributed by atoms with Crippen LogP contribution in [0.15, 0.2) is 72.8 Å². The second kappa shape index (κ2) is 13.4. The molecule has 190 valence electrons. The van der Waals surface area contributed by atoms with Crippen LogP contribution in [0.25, 0.3) is 10.8 Å². The Bertz CT molecular complexity index is 1170. The molecule has 2 amide bonds. The maximum atomic E-state index is 13.6. The van der Waals surface area contributed by atoms with E-state index in [2.05, 4.69) is 34.9 Å². The molecule has 7 nitrogen and oxygen atoms in total. The summed E-state index contributed by atoms with van der Waals surface area (Å²) < 4.78 is 4.93. The van der Waals surface area contributed by atoms with Crippen LogP contribution in [-0.4, -0.2) is 62.0 Å². The first-order chi connectivity index (χ1) is 17.4. The zero-order valence-electron chi connectivity index (χ0n) is 21.2. The number of fused-ring (bicyclic) bond motifs is 1. The lowest BCUT2D eigenvalue weighted by molar-refractivity contribution is -0.141. The molecule has 3 aromatic rings. The smallest absolute Gasteiger partial charge is 0.302 e. The molecule has 0 heterocycles. The minimum atomic E-state index is -0.680. The molecule has 0 aliphatic carbocycles. The lowest BCUT2D eigenvalue weighted by Crippen LogP contribution is -2.54. The molecule has 0 saturated heterocycles.